The molecule has 0 fully saturated rings. The second-order valence-electron chi connectivity index (χ2n) is 4.03. The van der Waals surface area contributed by atoms with Crippen molar-refractivity contribution in [3.8, 4) is 5.75 Å². The minimum atomic E-state index is -0.433. The molecular weight excluding hydrogens is 260 g/mol. The summed E-state index contributed by atoms with van der Waals surface area (Å²) in [5, 5.41) is 22.3. The van der Waals surface area contributed by atoms with Gasteiger partial charge in [-0.05, 0) is 36.4 Å². The zero-order chi connectivity index (χ0) is 14.4. The number of ether oxygens (including phenoxy) is 1. The number of nitrogens with one attached hydrogen (secondary N) is 1. The molecule has 0 bridgehead atoms. The highest BCUT2D eigenvalue weighted by Gasteiger charge is 2.03. The molecule has 2 N–H and O–H groups in total. The molecule has 104 valence electrons. The Morgan fingerprint density at radius 1 is 1.05 bits per heavy atom. The Labute approximate surface area is 115 Å². The fourth-order valence-electron chi connectivity index (χ4n) is 1.63. The lowest BCUT2D eigenvalue weighted by atomic mass is 10.2. The van der Waals surface area contributed by atoms with Crippen LogP contribution in [0.25, 0.3) is 0 Å². The van der Waals surface area contributed by atoms with Crippen molar-refractivity contribution in [1.82, 2.24) is 0 Å². The van der Waals surface area contributed by atoms with Gasteiger partial charge in [0, 0.05) is 23.5 Å². The number of anilines is 2. The highest BCUT2D eigenvalue weighted by Crippen LogP contribution is 2.22. The molecule has 0 aliphatic rings. The van der Waals surface area contributed by atoms with Crippen LogP contribution in [0.3, 0.4) is 0 Å². The molecular formula is C14H14N2O4. The zero-order valence-corrected chi connectivity index (χ0v) is 10.7. The average molecular weight is 274 g/mol. The van der Waals surface area contributed by atoms with Gasteiger partial charge < -0.3 is 15.2 Å². The molecule has 2 rings (SSSR count). The first-order chi connectivity index (χ1) is 9.69. The fraction of sp³-hybridized carbons (Fsp3) is 0.143. The van der Waals surface area contributed by atoms with Gasteiger partial charge in [-0.1, -0.05) is 0 Å². The molecule has 0 atom stereocenters. The lowest BCUT2D eigenvalue weighted by Crippen LogP contribution is -2.01. The first kappa shape index (κ1) is 13.8. The molecule has 0 aliphatic carbocycles. The van der Waals surface area contributed by atoms with Crippen LogP contribution in [0.1, 0.15) is 0 Å². The third kappa shape index (κ3) is 3.69. The topological polar surface area (TPSA) is 84.6 Å². The summed E-state index contributed by atoms with van der Waals surface area (Å²) in [5.74, 6) is 0.674. The molecule has 0 amide bonds. The third-order valence-corrected chi connectivity index (χ3v) is 2.58. The Morgan fingerprint density at radius 2 is 1.60 bits per heavy atom. The van der Waals surface area contributed by atoms with E-state index in [1.807, 2.05) is 12.1 Å². The van der Waals surface area contributed by atoms with Crippen molar-refractivity contribution in [2.45, 2.75) is 0 Å². The van der Waals surface area contributed by atoms with Crippen LogP contribution in [0.15, 0.2) is 48.5 Å². The van der Waals surface area contributed by atoms with Gasteiger partial charge in [-0.3, -0.25) is 10.1 Å². The fourth-order valence-corrected chi connectivity index (χ4v) is 1.63. The monoisotopic (exact) mass is 274 g/mol. The summed E-state index contributed by atoms with van der Waals surface area (Å²) in [7, 11) is 0. The van der Waals surface area contributed by atoms with Gasteiger partial charge in [0.2, 0.25) is 0 Å². The predicted octanol–water partition coefficient (Wildman–Crippen LogP) is 2.71. The summed E-state index contributed by atoms with van der Waals surface area (Å²) in [6.45, 7) is 0.234. The van der Waals surface area contributed by atoms with Gasteiger partial charge in [0.05, 0.1) is 11.5 Å². The Bertz CT molecular complexity index is 567. The van der Waals surface area contributed by atoms with Crippen LogP contribution < -0.4 is 10.1 Å². The second-order valence-corrected chi connectivity index (χ2v) is 4.03. The molecule has 0 heterocycles. The van der Waals surface area contributed by atoms with E-state index in [0.717, 1.165) is 11.4 Å². The Balaban J connectivity index is 2.00. The molecule has 20 heavy (non-hydrogen) atoms. The quantitative estimate of drug-likeness (QED) is 0.625. The molecule has 0 saturated carbocycles. The van der Waals surface area contributed by atoms with E-state index in [2.05, 4.69) is 5.32 Å². The molecule has 0 aromatic heterocycles. The van der Waals surface area contributed by atoms with E-state index in [1.165, 1.54) is 12.1 Å². The summed E-state index contributed by atoms with van der Waals surface area (Å²) in [4.78, 5) is 10.1. The molecule has 0 aliphatic heterocycles. The van der Waals surface area contributed by atoms with Crippen molar-refractivity contribution in [1.29, 1.82) is 0 Å². The molecule has 0 unspecified atom stereocenters. The van der Waals surface area contributed by atoms with Gasteiger partial charge in [-0.2, -0.15) is 0 Å². The second kappa shape index (κ2) is 6.53. The molecule has 0 spiro atoms. The normalized spacial score (nSPS) is 10.1. The van der Waals surface area contributed by atoms with Gasteiger partial charge in [0.15, 0.2) is 0 Å². The number of nitrogens with zero attached hydrogens (tertiary/aromatic N) is 1. The number of non-ortho nitro benzene ring substituents is 1. The maximum Gasteiger partial charge on any atom is 0.269 e. The molecule has 6 heteroatoms. The van der Waals surface area contributed by atoms with Crippen LogP contribution in [0.2, 0.25) is 0 Å². The Hall–Kier alpha value is -2.60. The van der Waals surface area contributed by atoms with Crippen LogP contribution in [-0.4, -0.2) is 23.2 Å². The van der Waals surface area contributed by atoms with Gasteiger partial charge in [-0.25, -0.2) is 0 Å². The van der Waals surface area contributed by atoms with Gasteiger partial charge in [-0.15, -0.1) is 0 Å². The zero-order valence-electron chi connectivity index (χ0n) is 10.7. The number of aliphatic hydroxyl groups excluding tert-OH is 1. The number of aliphatic hydroxyl groups is 1. The summed E-state index contributed by atoms with van der Waals surface area (Å²) >= 11 is 0. The first-order valence-electron chi connectivity index (χ1n) is 6.04. The number of hydrogen-bond donors (Lipinski definition) is 2. The van der Waals surface area contributed by atoms with E-state index < -0.39 is 4.92 Å². The van der Waals surface area contributed by atoms with E-state index >= 15 is 0 Å². The summed E-state index contributed by atoms with van der Waals surface area (Å²) < 4.78 is 5.25. The highest BCUT2D eigenvalue weighted by atomic mass is 16.6. The largest absolute Gasteiger partial charge is 0.491 e. The van der Waals surface area contributed by atoms with Crippen molar-refractivity contribution in [3.63, 3.8) is 0 Å². The Kier molecular flexibility index (Phi) is 4.52. The lowest BCUT2D eigenvalue weighted by Gasteiger charge is -2.08. The number of hydrogen-bond acceptors (Lipinski definition) is 5. The first-order valence-corrected chi connectivity index (χ1v) is 6.04. The molecule has 0 saturated heterocycles. The minimum Gasteiger partial charge on any atom is -0.491 e. The van der Waals surface area contributed by atoms with Crippen LogP contribution in [0, 0.1) is 10.1 Å². The van der Waals surface area contributed by atoms with Crippen molar-refractivity contribution in [2.24, 2.45) is 0 Å². The van der Waals surface area contributed by atoms with Crippen molar-refractivity contribution < 1.29 is 14.8 Å². The average Bonchev–Trinajstić information content (AvgIpc) is 2.47. The van der Waals surface area contributed by atoms with Crippen molar-refractivity contribution in [2.75, 3.05) is 18.5 Å². The van der Waals surface area contributed by atoms with E-state index in [0.29, 0.717) is 5.75 Å². The molecule has 2 aromatic rings. The minimum absolute atomic E-state index is 0.0250. The number of benzene rings is 2. The number of nitro benzene ring substituents is 1. The third-order valence-electron chi connectivity index (χ3n) is 2.58. The van der Waals surface area contributed by atoms with E-state index in [9.17, 15) is 10.1 Å². The highest BCUT2D eigenvalue weighted by molar-refractivity contribution is 5.61. The SMILES string of the molecule is O=[N+]([O-])c1ccc(Nc2ccc(OCCO)cc2)cc1. The Morgan fingerprint density at radius 3 is 2.10 bits per heavy atom. The molecule has 6 nitrogen and oxygen atoms in total. The van der Waals surface area contributed by atoms with Crippen molar-refractivity contribution >= 4 is 17.1 Å². The van der Waals surface area contributed by atoms with Crippen LogP contribution in [-0.2, 0) is 0 Å². The van der Waals surface area contributed by atoms with E-state index in [4.69, 9.17) is 9.84 Å². The smallest absolute Gasteiger partial charge is 0.269 e. The summed E-state index contributed by atoms with van der Waals surface area (Å²) in [6, 6.07) is 13.4. The van der Waals surface area contributed by atoms with Gasteiger partial charge >= 0.3 is 0 Å². The lowest BCUT2D eigenvalue weighted by molar-refractivity contribution is -0.384. The van der Waals surface area contributed by atoms with E-state index in [1.54, 1.807) is 24.3 Å². The predicted molar refractivity (Wildman–Crippen MR) is 75.4 cm³/mol. The van der Waals surface area contributed by atoms with Crippen LogP contribution in [0.4, 0.5) is 17.1 Å². The number of nitro groups is 1. The summed E-state index contributed by atoms with van der Waals surface area (Å²) in [6.07, 6.45) is 0. The molecule has 2 aromatic carbocycles. The van der Waals surface area contributed by atoms with Crippen LogP contribution in [0.5, 0.6) is 5.75 Å². The maximum atomic E-state index is 10.5. The standard InChI is InChI=1S/C14H14N2O4/c17-9-10-20-14-7-3-12(4-8-14)15-11-1-5-13(6-2-11)16(18)19/h1-8,15,17H,9-10H2. The molecule has 0 radical (unpaired) electrons. The number of rotatable bonds is 6. The van der Waals surface area contributed by atoms with E-state index in [-0.39, 0.29) is 18.9 Å². The van der Waals surface area contributed by atoms with Gasteiger partial charge in [0.25, 0.3) is 5.69 Å². The summed E-state index contributed by atoms with van der Waals surface area (Å²) in [5.41, 5.74) is 1.66. The van der Waals surface area contributed by atoms with Crippen molar-refractivity contribution in [3.05, 3.63) is 58.6 Å². The maximum absolute atomic E-state index is 10.5. The van der Waals surface area contributed by atoms with Crippen LogP contribution >= 0.6 is 0 Å². The van der Waals surface area contributed by atoms with Gasteiger partial charge in [0.1, 0.15) is 12.4 Å².